The molecular weight excluding hydrogens is 592 g/mol. The maximum absolute atomic E-state index is 13.2. The van der Waals surface area contributed by atoms with E-state index in [1.807, 2.05) is 142 Å². The van der Waals surface area contributed by atoms with Crippen LogP contribution < -0.4 is 0 Å². The second-order valence-corrected chi connectivity index (χ2v) is 12.5. The molecule has 1 heterocycles. The number of ether oxygens (including phenoxy) is 6. The first-order chi connectivity index (χ1) is 22.8. The monoisotopic (exact) mass is 636 g/mol. The van der Waals surface area contributed by atoms with E-state index in [1.165, 1.54) is 6.08 Å². The summed E-state index contributed by atoms with van der Waals surface area (Å²) in [5.74, 6) is -0.226. The van der Waals surface area contributed by atoms with Crippen molar-refractivity contribution in [1.82, 2.24) is 0 Å². The minimum Gasteiger partial charge on any atom is -0.486 e. The first-order valence-electron chi connectivity index (χ1n) is 16.0. The van der Waals surface area contributed by atoms with E-state index in [9.17, 15) is 4.79 Å². The van der Waals surface area contributed by atoms with Gasteiger partial charge in [-0.2, -0.15) is 0 Å². The predicted octanol–water partition coefficient (Wildman–Crippen LogP) is 7.58. The molecule has 1 saturated heterocycles. The highest BCUT2D eigenvalue weighted by atomic mass is 16.6. The van der Waals surface area contributed by atoms with Crippen LogP contribution in [0.4, 0.5) is 0 Å². The largest absolute Gasteiger partial charge is 0.486 e. The summed E-state index contributed by atoms with van der Waals surface area (Å²) in [4.78, 5) is 13.2. The van der Waals surface area contributed by atoms with Gasteiger partial charge >= 0.3 is 5.97 Å². The van der Waals surface area contributed by atoms with Crippen LogP contribution in [0.1, 0.15) is 43.0 Å². The van der Waals surface area contributed by atoms with Crippen LogP contribution in [0.25, 0.3) is 0 Å². The molecule has 4 atom stereocenters. The molecule has 7 heteroatoms. The van der Waals surface area contributed by atoms with Crippen molar-refractivity contribution in [1.29, 1.82) is 0 Å². The predicted molar refractivity (Wildman–Crippen MR) is 180 cm³/mol. The molecule has 1 aliphatic rings. The van der Waals surface area contributed by atoms with E-state index in [4.69, 9.17) is 28.4 Å². The Morgan fingerprint density at radius 2 is 1.04 bits per heavy atom. The van der Waals surface area contributed by atoms with Gasteiger partial charge in [0.2, 0.25) is 0 Å². The summed E-state index contributed by atoms with van der Waals surface area (Å²) in [7, 11) is 0. The highest BCUT2D eigenvalue weighted by molar-refractivity contribution is 5.83. The Morgan fingerprint density at radius 1 is 0.617 bits per heavy atom. The van der Waals surface area contributed by atoms with E-state index in [1.54, 1.807) is 0 Å². The van der Waals surface area contributed by atoms with Gasteiger partial charge in [-0.25, -0.2) is 4.79 Å². The standard InChI is InChI=1S/C40H44O7/c1-40(2,3)47-36(41)24-34-37(43-26-31-18-10-5-11-19-31)39(45-28-33-22-14-7-15-23-33)38(44-27-32-20-12-6-13-21-32)35(46-34)29-42-25-30-16-8-4-9-17-30/h4-24,35,37-39H,25-29H2,1-3H3/b34-24-/t35-,37+,38+,39-/m1/s1. The lowest BCUT2D eigenvalue weighted by Gasteiger charge is -2.43. The van der Waals surface area contributed by atoms with Crippen molar-refractivity contribution in [2.45, 2.75) is 77.2 Å². The summed E-state index contributed by atoms with van der Waals surface area (Å²) in [6.45, 7) is 6.96. The Labute approximate surface area is 278 Å². The van der Waals surface area contributed by atoms with Gasteiger partial charge in [0, 0.05) is 0 Å². The number of benzene rings is 4. The number of carbonyl (C=O) groups excluding carboxylic acids is 1. The van der Waals surface area contributed by atoms with Gasteiger partial charge in [-0.05, 0) is 43.0 Å². The van der Waals surface area contributed by atoms with E-state index in [0.29, 0.717) is 25.6 Å². The van der Waals surface area contributed by atoms with Crippen LogP contribution in [-0.2, 0) is 59.6 Å². The molecule has 5 rings (SSSR count). The van der Waals surface area contributed by atoms with E-state index in [2.05, 4.69) is 0 Å². The smallest absolute Gasteiger partial charge is 0.334 e. The Kier molecular flexibility index (Phi) is 12.4. The molecule has 4 aromatic carbocycles. The molecule has 1 aliphatic heterocycles. The van der Waals surface area contributed by atoms with Gasteiger partial charge in [-0.15, -0.1) is 0 Å². The maximum Gasteiger partial charge on any atom is 0.334 e. The Balaban J connectivity index is 1.49. The third-order valence-corrected chi connectivity index (χ3v) is 7.46. The van der Waals surface area contributed by atoms with Crippen molar-refractivity contribution < 1.29 is 33.2 Å². The molecule has 246 valence electrons. The zero-order valence-corrected chi connectivity index (χ0v) is 27.3. The molecule has 0 N–H and O–H groups in total. The maximum atomic E-state index is 13.2. The second kappa shape index (κ2) is 17.0. The molecule has 0 radical (unpaired) electrons. The molecule has 0 saturated carbocycles. The minimum absolute atomic E-state index is 0.191. The first-order valence-corrected chi connectivity index (χ1v) is 16.0. The molecular formula is C40H44O7. The number of rotatable bonds is 14. The van der Waals surface area contributed by atoms with Gasteiger partial charge in [0.05, 0.1) is 39.1 Å². The Morgan fingerprint density at radius 3 is 1.51 bits per heavy atom. The number of esters is 1. The van der Waals surface area contributed by atoms with Gasteiger partial charge in [0.15, 0.2) is 6.10 Å². The number of hydrogen-bond donors (Lipinski definition) is 0. The van der Waals surface area contributed by atoms with Crippen molar-refractivity contribution in [3.05, 3.63) is 155 Å². The highest BCUT2D eigenvalue weighted by Gasteiger charge is 2.47. The number of hydrogen-bond acceptors (Lipinski definition) is 7. The molecule has 7 nitrogen and oxygen atoms in total. The van der Waals surface area contributed by atoms with Gasteiger partial charge in [0.1, 0.15) is 29.7 Å². The summed E-state index contributed by atoms with van der Waals surface area (Å²) in [5, 5.41) is 0. The minimum atomic E-state index is -0.780. The van der Waals surface area contributed by atoms with Crippen LogP contribution >= 0.6 is 0 Å². The fourth-order valence-electron chi connectivity index (χ4n) is 5.27. The lowest BCUT2D eigenvalue weighted by atomic mass is 9.96. The van der Waals surface area contributed by atoms with Crippen molar-refractivity contribution in [3.63, 3.8) is 0 Å². The fraction of sp³-hybridized carbons (Fsp3) is 0.325. The molecule has 0 unspecified atom stereocenters. The highest BCUT2D eigenvalue weighted by Crippen LogP contribution is 2.33. The molecule has 4 aromatic rings. The van der Waals surface area contributed by atoms with Crippen LogP contribution in [0.3, 0.4) is 0 Å². The van der Waals surface area contributed by atoms with E-state index in [-0.39, 0.29) is 13.2 Å². The van der Waals surface area contributed by atoms with E-state index >= 15 is 0 Å². The lowest BCUT2D eigenvalue weighted by Crippen LogP contribution is -2.56. The van der Waals surface area contributed by atoms with E-state index < -0.39 is 36.0 Å². The fourth-order valence-corrected chi connectivity index (χ4v) is 5.27. The van der Waals surface area contributed by atoms with Crippen LogP contribution in [0.5, 0.6) is 0 Å². The van der Waals surface area contributed by atoms with Crippen molar-refractivity contribution in [3.8, 4) is 0 Å². The third-order valence-electron chi connectivity index (χ3n) is 7.46. The van der Waals surface area contributed by atoms with Gasteiger partial charge in [-0.1, -0.05) is 121 Å². The molecule has 0 aromatic heterocycles. The van der Waals surface area contributed by atoms with Crippen molar-refractivity contribution in [2.75, 3.05) is 6.61 Å². The Bertz CT molecular complexity index is 1520. The molecule has 0 aliphatic carbocycles. The third kappa shape index (κ3) is 10.9. The van der Waals surface area contributed by atoms with Crippen LogP contribution in [0.2, 0.25) is 0 Å². The summed E-state index contributed by atoms with van der Waals surface area (Å²) < 4.78 is 38.4. The van der Waals surface area contributed by atoms with Crippen LogP contribution in [-0.4, -0.2) is 42.6 Å². The first kappa shape index (κ1) is 34.1. The quantitative estimate of drug-likeness (QED) is 0.104. The molecule has 0 spiro atoms. The molecule has 0 amide bonds. The SMILES string of the molecule is CC(C)(C)OC(=O)/C=C1\O[C@H](COCc2ccccc2)[C@H](OCc2ccccc2)[C@H](OCc2ccccc2)[C@H]1OCc1ccccc1. The average molecular weight is 637 g/mol. The average Bonchev–Trinajstić information content (AvgIpc) is 3.07. The summed E-state index contributed by atoms with van der Waals surface area (Å²) in [6, 6.07) is 39.7. The van der Waals surface area contributed by atoms with Crippen molar-refractivity contribution in [2.24, 2.45) is 0 Å². The molecule has 47 heavy (non-hydrogen) atoms. The van der Waals surface area contributed by atoms with E-state index in [0.717, 1.165) is 22.3 Å². The zero-order valence-electron chi connectivity index (χ0n) is 27.3. The number of carbonyl (C=O) groups is 1. The summed E-state index contributed by atoms with van der Waals surface area (Å²) in [6.07, 6.45) is -1.29. The topological polar surface area (TPSA) is 72.5 Å². The lowest BCUT2D eigenvalue weighted by molar-refractivity contribution is -0.223. The van der Waals surface area contributed by atoms with Gasteiger partial charge in [0.25, 0.3) is 0 Å². The summed E-state index contributed by atoms with van der Waals surface area (Å²) in [5.41, 5.74) is 3.33. The molecule has 1 fully saturated rings. The van der Waals surface area contributed by atoms with Gasteiger partial charge < -0.3 is 28.4 Å². The second-order valence-electron chi connectivity index (χ2n) is 12.5. The summed E-state index contributed by atoms with van der Waals surface area (Å²) >= 11 is 0. The Hall–Kier alpha value is -4.27. The zero-order chi connectivity index (χ0) is 32.9. The van der Waals surface area contributed by atoms with Gasteiger partial charge in [-0.3, -0.25) is 0 Å². The normalized spacial score (nSPS) is 20.4. The van der Waals surface area contributed by atoms with Crippen LogP contribution in [0.15, 0.2) is 133 Å². The van der Waals surface area contributed by atoms with Crippen molar-refractivity contribution >= 4 is 5.97 Å². The molecule has 0 bridgehead atoms. The van der Waals surface area contributed by atoms with Crippen LogP contribution in [0, 0.1) is 0 Å².